The van der Waals surface area contributed by atoms with E-state index in [4.69, 9.17) is 0 Å². The SMILES string of the molecule is CC1CCC(CCc2nccn2C)(C(=O)O)CC1. The molecule has 0 amide bonds. The van der Waals surface area contributed by atoms with Crippen molar-refractivity contribution in [2.45, 2.75) is 45.4 Å². The van der Waals surface area contributed by atoms with Crippen LogP contribution in [0.5, 0.6) is 0 Å². The van der Waals surface area contributed by atoms with Crippen molar-refractivity contribution in [3.8, 4) is 0 Å². The van der Waals surface area contributed by atoms with Gasteiger partial charge in [0.2, 0.25) is 0 Å². The zero-order valence-corrected chi connectivity index (χ0v) is 11.2. The van der Waals surface area contributed by atoms with Gasteiger partial charge in [0, 0.05) is 25.9 Å². The number of carboxylic acids is 1. The smallest absolute Gasteiger partial charge is 0.309 e. The average molecular weight is 250 g/mol. The van der Waals surface area contributed by atoms with Gasteiger partial charge < -0.3 is 9.67 Å². The van der Waals surface area contributed by atoms with Crippen LogP contribution < -0.4 is 0 Å². The van der Waals surface area contributed by atoms with Crippen molar-refractivity contribution in [2.75, 3.05) is 0 Å². The highest BCUT2D eigenvalue weighted by molar-refractivity contribution is 5.74. The zero-order chi connectivity index (χ0) is 13.2. The Morgan fingerprint density at radius 1 is 1.56 bits per heavy atom. The molecule has 0 atom stereocenters. The number of hydrogen-bond acceptors (Lipinski definition) is 2. The number of aliphatic carboxylic acids is 1. The van der Waals surface area contributed by atoms with E-state index in [1.807, 2.05) is 17.8 Å². The molecular weight excluding hydrogens is 228 g/mol. The van der Waals surface area contributed by atoms with Crippen molar-refractivity contribution in [1.82, 2.24) is 9.55 Å². The Kier molecular flexibility index (Phi) is 3.73. The Morgan fingerprint density at radius 3 is 2.72 bits per heavy atom. The molecule has 1 aliphatic carbocycles. The number of hydrogen-bond donors (Lipinski definition) is 1. The summed E-state index contributed by atoms with van der Waals surface area (Å²) in [5, 5.41) is 9.55. The number of aryl methyl sites for hydroxylation is 2. The summed E-state index contributed by atoms with van der Waals surface area (Å²) in [6.45, 7) is 2.21. The fourth-order valence-electron chi connectivity index (χ4n) is 2.87. The van der Waals surface area contributed by atoms with Crippen LogP contribution in [0.3, 0.4) is 0 Å². The molecule has 2 rings (SSSR count). The molecule has 4 nitrogen and oxygen atoms in total. The first-order valence-corrected chi connectivity index (χ1v) is 6.73. The molecule has 0 aliphatic heterocycles. The second kappa shape index (κ2) is 5.12. The maximum absolute atomic E-state index is 11.6. The van der Waals surface area contributed by atoms with Gasteiger partial charge in [-0.05, 0) is 38.0 Å². The molecule has 1 aromatic heterocycles. The third-order valence-electron chi connectivity index (χ3n) is 4.43. The summed E-state index contributed by atoms with van der Waals surface area (Å²) in [7, 11) is 1.96. The van der Waals surface area contributed by atoms with Gasteiger partial charge in [0.1, 0.15) is 5.82 Å². The second-order valence-electron chi connectivity index (χ2n) is 5.72. The molecule has 1 fully saturated rings. The predicted octanol–water partition coefficient (Wildman–Crippen LogP) is 2.63. The highest BCUT2D eigenvalue weighted by atomic mass is 16.4. The van der Waals surface area contributed by atoms with Gasteiger partial charge in [-0.1, -0.05) is 6.92 Å². The van der Waals surface area contributed by atoms with E-state index in [2.05, 4.69) is 11.9 Å². The average Bonchev–Trinajstić information content (AvgIpc) is 2.74. The molecule has 1 aliphatic rings. The first kappa shape index (κ1) is 13.1. The third-order valence-corrected chi connectivity index (χ3v) is 4.43. The number of rotatable bonds is 4. The van der Waals surface area contributed by atoms with E-state index in [1.165, 1.54) is 0 Å². The van der Waals surface area contributed by atoms with Gasteiger partial charge in [0.05, 0.1) is 5.41 Å². The topological polar surface area (TPSA) is 55.1 Å². The number of carbonyl (C=O) groups is 1. The van der Waals surface area contributed by atoms with Gasteiger partial charge in [0.15, 0.2) is 0 Å². The van der Waals surface area contributed by atoms with E-state index in [9.17, 15) is 9.90 Å². The zero-order valence-electron chi connectivity index (χ0n) is 11.2. The molecule has 1 heterocycles. The maximum atomic E-state index is 11.6. The molecule has 0 saturated heterocycles. The molecule has 0 bridgehead atoms. The van der Waals surface area contributed by atoms with Gasteiger partial charge in [-0.15, -0.1) is 0 Å². The lowest BCUT2D eigenvalue weighted by Gasteiger charge is -2.35. The van der Waals surface area contributed by atoms with Crippen LogP contribution in [0.4, 0.5) is 0 Å². The first-order chi connectivity index (χ1) is 8.53. The number of aromatic nitrogens is 2. The lowest BCUT2D eigenvalue weighted by atomic mass is 9.68. The molecule has 1 N–H and O–H groups in total. The van der Waals surface area contributed by atoms with E-state index in [0.29, 0.717) is 12.3 Å². The Bertz CT molecular complexity index is 417. The van der Waals surface area contributed by atoms with Gasteiger partial charge in [-0.2, -0.15) is 0 Å². The summed E-state index contributed by atoms with van der Waals surface area (Å²) in [6, 6.07) is 0. The van der Waals surface area contributed by atoms with E-state index in [-0.39, 0.29) is 0 Å². The van der Waals surface area contributed by atoms with Crippen molar-refractivity contribution in [3.05, 3.63) is 18.2 Å². The normalized spacial score (nSPS) is 28.2. The quantitative estimate of drug-likeness (QED) is 0.893. The number of carboxylic acid groups (broad SMARTS) is 1. The molecule has 0 radical (unpaired) electrons. The van der Waals surface area contributed by atoms with E-state index < -0.39 is 11.4 Å². The largest absolute Gasteiger partial charge is 0.481 e. The molecule has 1 saturated carbocycles. The Morgan fingerprint density at radius 2 is 2.22 bits per heavy atom. The molecule has 18 heavy (non-hydrogen) atoms. The summed E-state index contributed by atoms with van der Waals surface area (Å²) in [5.74, 6) is 1.03. The lowest BCUT2D eigenvalue weighted by molar-refractivity contribution is -0.152. The van der Waals surface area contributed by atoms with Crippen molar-refractivity contribution in [2.24, 2.45) is 18.4 Å². The van der Waals surface area contributed by atoms with Crippen molar-refractivity contribution in [3.63, 3.8) is 0 Å². The minimum Gasteiger partial charge on any atom is -0.481 e. The predicted molar refractivity (Wildman–Crippen MR) is 69.2 cm³/mol. The molecule has 0 spiro atoms. The second-order valence-corrected chi connectivity index (χ2v) is 5.72. The van der Waals surface area contributed by atoms with E-state index >= 15 is 0 Å². The maximum Gasteiger partial charge on any atom is 0.309 e. The minimum absolute atomic E-state index is 0.515. The molecular formula is C14H22N2O2. The van der Waals surface area contributed by atoms with Crippen LogP contribution in [-0.4, -0.2) is 20.6 Å². The van der Waals surface area contributed by atoms with Gasteiger partial charge >= 0.3 is 5.97 Å². The van der Waals surface area contributed by atoms with Crippen molar-refractivity contribution < 1.29 is 9.90 Å². The highest BCUT2D eigenvalue weighted by Crippen LogP contribution is 2.42. The summed E-state index contributed by atoms with van der Waals surface area (Å²) in [6.07, 6.45) is 8.84. The fraction of sp³-hybridized carbons (Fsp3) is 0.714. The number of nitrogens with zero attached hydrogens (tertiary/aromatic N) is 2. The number of imidazole rings is 1. The van der Waals surface area contributed by atoms with Crippen molar-refractivity contribution >= 4 is 5.97 Å². The van der Waals surface area contributed by atoms with Crippen LogP contribution in [0.15, 0.2) is 12.4 Å². The fourth-order valence-corrected chi connectivity index (χ4v) is 2.87. The summed E-state index contributed by atoms with van der Waals surface area (Å²) >= 11 is 0. The Balaban J connectivity index is 2.03. The van der Waals surface area contributed by atoms with Gasteiger partial charge in [-0.25, -0.2) is 4.98 Å². The summed E-state index contributed by atoms with van der Waals surface area (Å²) < 4.78 is 1.97. The van der Waals surface area contributed by atoms with E-state index in [1.54, 1.807) is 6.20 Å². The van der Waals surface area contributed by atoms with Crippen molar-refractivity contribution in [1.29, 1.82) is 0 Å². The summed E-state index contributed by atoms with van der Waals surface area (Å²) in [5.41, 5.74) is -0.515. The molecule has 0 unspecified atom stereocenters. The van der Waals surface area contributed by atoms with Gasteiger partial charge in [0.25, 0.3) is 0 Å². The van der Waals surface area contributed by atoms with E-state index in [0.717, 1.165) is 37.9 Å². The molecule has 100 valence electrons. The van der Waals surface area contributed by atoms with Crippen LogP contribution in [0, 0.1) is 11.3 Å². The van der Waals surface area contributed by atoms with Crippen LogP contribution in [0.1, 0.15) is 44.9 Å². The highest BCUT2D eigenvalue weighted by Gasteiger charge is 2.40. The Hall–Kier alpha value is -1.32. The van der Waals surface area contributed by atoms with Crippen LogP contribution in [0.25, 0.3) is 0 Å². The summed E-state index contributed by atoms with van der Waals surface area (Å²) in [4.78, 5) is 15.9. The van der Waals surface area contributed by atoms with Gasteiger partial charge in [-0.3, -0.25) is 4.79 Å². The van der Waals surface area contributed by atoms with Crippen LogP contribution in [-0.2, 0) is 18.3 Å². The molecule has 4 heteroatoms. The Labute approximate surface area is 108 Å². The third kappa shape index (κ3) is 2.57. The standard InChI is InChI=1S/C14H22N2O2/c1-11-3-6-14(7-4-11,13(17)18)8-5-12-15-9-10-16(12)2/h9-11H,3-8H2,1-2H3,(H,17,18). The monoisotopic (exact) mass is 250 g/mol. The molecule has 0 aromatic carbocycles. The lowest BCUT2D eigenvalue weighted by Crippen LogP contribution is -2.35. The first-order valence-electron chi connectivity index (χ1n) is 6.73. The van der Waals surface area contributed by atoms with Crippen LogP contribution in [0.2, 0.25) is 0 Å². The van der Waals surface area contributed by atoms with Crippen LogP contribution >= 0.6 is 0 Å². The minimum atomic E-state index is -0.622. The molecule has 1 aromatic rings.